The first-order valence-electron chi connectivity index (χ1n) is 3.55. The molecule has 0 fully saturated rings. The SMILES string of the molecule is CCC(C#N)(C#N)C1(C(=O)Cl)N=N1. The van der Waals surface area contributed by atoms with Crippen molar-refractivity contribution in [3.8, 4) is 12.1 Å². The van der Waals surface area contributed by atoms with Crippen molar-refractivity contribution in [2.45, 2.75) is 19.0 Å². The van der Waals surface area contributed by atoms with Gasteiger partial charge in [0.15, 0.2) is 0 Å². The lowest BCUT2D eigenvalue weighted by molar-refractivity contribution is -0.115. The molecule has 1 aliphatic heterocycles. The van der Waals surface area contributed by atoms with E-state index < -0.39 is 16.3 Å². The predicted octanol–water partition coefficient (Wildman–Crippen LogP) is 1.36. The number of rotatable bonds is 3. The molecule has 0 amide bonds. The van der Waals surface area contributed by atoms with E-state index in [1.54, 1.807) is 19.1 Å². The van der Waals surface area contributed by atoms with Crippen LogP contribution < -0.4 is 0 Å². The second-order valence-corrected chi connectivity index (χ2v) is 2.97. The Kier molecular flexibility index (Phi) is 2.07. The quantitative estimate of drug-likeness (QED) is 0.638. The van der Waals surface area contributed by atoms with Crippen LogP contribution >= 0.6 is 11.6 Å². The summed E-state index contributed by atoms with van der Waals surface area (Å²) in [7, 11) is 0. The molecule has 0 aromatic rings. The van der Waals surface area contributed by atoms with Crippen molar-refractivity contribution in [2.75, 3.05) is 0 Å². The van der Waals surface area contributed by atoms with Crippen molar-refractivity contribution >= 4 is 16.8 Å². The molecular formula is C7H5ClN4O. The zero-order valence-corrected chi connectivity index (χ0v) is 7.54. The third-order valence-electron chi connectivity index (χ3n) is 2.08. The molecule has 0 atom stereocenters. The van der Waals surface area contributed by atoms with E-state index in [-0.39, 0.29) is 6.42 Å². The van der Waals surface area contributed by atoms with Gasteiger partial charge in [-0.25, -0.2) is 0 Å². The molecule has 1 rings (SSSR count). The van der Waals surface area contributed by atoms with E-state index in [4.69, 9.17) is 22.1 Å². The molecule has 13 heavy (non-hydrogen) atoms. The number of halogens is 1. The number of carbonyl (C=O) groups excluding carboxylic acids is 1. The highest BCUT2D eigenvalue weighted by molar-refractivity contribution is 6.66. The molecule has 0 saturated heterocycles. The lowest BCUT2D eigenvalue weighted by Gasteiger charge is -2.19. The summed E-state index contributed by atoms with van der Waals surface area (Å²) in [5.41, 5.74) is -3.18. The molecule has 0 aromatic carbocycles. The smallest absolute Gasteiger partial charge is 0.276 e. The molecular weight excluding hydrogens is 192 g/mol. The Hall–Kier alpha value is -1.46. The summed E-state index contributed by atoms with van der Waals surface area (Å²) in [4.78, 5) is 10.9. The van der Waals surface area contributed by atoms with Gasteiger partial charge in [0.2, 0.25) is 5.41 Å². The van der Waals surface area contributed by atoms with Crippen molar-refractivity contribution in [2.24, 2.45) is 15.6 Å². The summed E-state index contributed by atoms with van der Waals surface area (Å²) in [5.74, 6) is 0. The summed E-state index contributed by atoms with van der Waals surface area (Å²) in [5, 5.41) is 23.6. The zero-order chi connectivity index (χ0) is 10.1. The summed E-state index contributed by atoms with van der Waals surface area (Å²) in [6.45, 7) is 1.61. The normalized spacial score (nSPS) is 17.2. The molecule has 1 heterocycles. The lowest BCUT2D eigenvalue weighted by Crippen LogP contribution is -2.40. The third-order valence-corrected chi connectivity index (χ3v) is 2.34. The second-order valence-electron chi connectivity index (χ2n) is 2.63. The highest BCUT2D eigenvalue weighted by Gasteiger charge is 2.65. The summed E-state index contributed by atoms with van der Waals surface area (Å²) >= 11 is 5.22. The summed E-state index contributed by atoms with van der Waals surface area (Å²) < 4.78 is 0. The van der Waals surface area contributed by atoms with Crippen LogP contribution in [0.4, 0.5) is 0 Å². The molecule has 0 saturated carbocycles. The van der Waals surface area contributed by atoms with Crippen molar-refractivity contribution in [3.05, 3.63) is 0 Å². The molecule has 66 valence electrons. The second kappa shape index (κ2) is 2.79. The Morgan fingerprint density at radius 1 is 1.54 bits per heavy atom. The maximum atomic E-state index is 10.9. The topological polar surface area (TPSA) is 89.4 Å². The average molecular weight is 197 g/mol. The molecule has 0 bridgehead atoms. The van der Waals surface area contributed by atoms with Gasteiger partial charge in [0.05, 0.1) is 12.1 Å². The van der Waals surface area contributed by atoms with Crippen LogP contribution in [0, 0.1) is 28.1 Å². The van der Waals surface area contributed by atoms with Gasteiger partial charge in [0, 0.05) is 0 Å². The van der Waals surface area contributed by atoms with E-state index in [9.17, 15) is 4.79 Å². The van der Waals surface area contributed by atoms with Gasteiger partial charge < -0.3 is 0 Å². The molecule has 0 aliphatic carbocycles. The highest BCUT2D eigenvalue weighted by Crippen LogP contribution is 2.48. The van der Waals surface area contributed by atoms with Crippen LogP contribution in [0.3, 0.4) is 0 Å². The first kappa shape index (κ1) is 9.63. The third kappa shape index (κ3) is 1.01. The monoisotopic (exact) mass is 196 g/mol. The molecule has 0 N–H and O–H groups in total. The minimum Gasteiger partial charge on any atom is -0.276 e. The van der Waals surface area contributed by atoms with Gasteiger partial charge in [0.1, 0.15) is 0 Å². The fourth-order valence-corrected chi connectivity index (χ4v) is 1.29. The Labute approximate surface area is 79.6 Å². The molecule has 0 spiro atoms. The van der Waals surface area contributed by atoms with Crippen LogP contribution in [0.15, 0.2) is 10.2 Å². The van der Waals surface area contributed by atoms with Crippen LogP contribution in [0.5, 0.6) is 0 Å². The van der Waals surface area contributed by atoms with Crippen molar-refractivity contribution in [3.63, 3.8) is 0 Å². The number of carbonyl (C=O) groups is 1. The average Bonchev–Trinajstić information content (AvgIpc) is 2.90. The van der Waals surface area contributed by atoms with E-state index in [0.717, 1.165) is 0 Å². The number of hydrogen-bond acceptors (Lipinski definition) is 5. The van der Waals surface area contributed by atoms with E-state index in [1.807, 2.05) is 0 Å². The van der Waals surface area contributed by atoms with Crippen LogP contribution in [0.25, 0.3) is 0 Å². The van der Waals surface area contributed by atoms with Crippen molar-refractivity contribution < 1.29 is 4.79 Å². The van der Waals surface area contributed by atoms with E-state index >= 15 is 0 Å². The molecule has 5 nitrogen and oxygen atoms in total. The molecule has 0 radical (unpaired) electrons. The van der Waals surface area contributed by atoms with Gasteiger partial charge in [-0.1, -0.05) is 6.92 Å². The first-order valence-corrected chi connectivity index (χ1v) is 3.93. The zero-order valence-electron chi connectivity index (χ0n) is 6.78. The fourth-order valence-electron chi connectivity index (χ4n) is 1.05. The van der Waals surface area contributed by atoms with Crippen LogP contribution in [0.1, 0.15) is 13.3 Å². The maximum absolute atomic E-state index is 10.9. The lowest BCUT2D eigenvalue weighted by atomic mass is 9.78. The Morgan fingerprint density at radius 3 is 2.08 bits per heavy atom. The van der Waals surface area contributed by atoms with Gasteiger partial charge in [-0.2, -0.15) is 10.5 Å². The van der Waals surface area contributed by atoms with Crippen LogP contribution in [-0.2, 0) is 4.79 Å². The van der Waals surface area contributed by atoms with Crippen LogP contribution in [0.2, 0.25) is 0 Å². The number of hydrogen-bond donors (Lipinski definition) is 0. The van der Waals surface area contributed by atoms with E-state index in [2.05, 4.69) is 10.2 Å². The molecule has 6 heteroatoms. The van der Waals surface area contributed by atoms with Gasteiger partial charge in [-0.05, 0) is 18.0 Å². The Morgan fingerprint density at radius 2 is 2.00 bits per heavy atom. The maximum Gasteiger partial charge on any atom is 0.294 e. The summed E-state index contributed by atoms with van der Waals surface area (Å²) in [6.07, 6.45) is 0.158. The van der Waals surface area contributed by atoms with E-state index in [0.29, 0.717) is 0 Å². The van der Waals surface area contributed by atoms with Crippen LogP contribution in [-0.4, -0.2) is 10.9 Å². The molecule has 0 aromatic heterocycles. The Balaban J connectivity index is 3.12. The fraction of sp³-hybridized carbons (Fsp3) is 0.571. The molecule has 0 unspecified atom stereocenters. The minimum absolute atomic E-state index is 0.158. The minimum atomic E-state index is -1.63. The van der Waals surface area contributed by atoms with E-state index in [1.165, 1.54) is 0 Å². The number of nitrogens with zero attached hydrogens (tertiary/aromatic N) is 4. The largest absolute Gasteiger partial charge is 0.294 e. The van der Waals surface area contributed by atoms with Gasteiger partial charge in [-0.15, -0.1) is 10.2 Å². The standard InChI is InChI=1S/C7H5ClN4O/c1-2-6(3-9,4-10)7(5(8)13)11-12-7/h2H2,1H3. The van der Waals surface area contributed by atoms with Gasteiger partial charge in [0.25, 0.3) is 10.9 Å². The van der Waals surface area contributed by atoms with Crippen molar-refractivity contribution in [1.82, 2.24) is 0 Å². The predicted molar refractivity (Wildman–Crippen MR) is 42.4 cm³/mol. The highest BCUT2D eigenvalue weighted by atomic mass is 35.5. The van der Waals surface area contributed by atoms with Gasteiger partial charge >= 0.3 is 0 Å². The first-order chi connectivity index (χ1) is 6.08. The van der Waals surface area contributed by atoms with Crippen molar-refractivity contribution in [1.29, 1.82) is 10.5 Å². The Bertz CT molecular complexity index is 342. The number of nitriles is 2. The molecule has 1 aliphatic rings. The van der Waals surface area contributed by atoms with Gasteiger partial charge in [-0.3, -0.25) is 4.79 Å². The summed E-state index contributed by atoms with van der Waals surface area (Å²) in [6, 6.07) is 3.49.